The van der Waals surface area contributed by atoms with Crippen molar-refractivity contribution in [2.24, 2.45) is 0 Å². The summed E-state index contributed by atoms with van der Waals surface area (Å²) in [6.45, 7) is 0. The van der Waals surface area contributed by atoms with Gasteiger partial charge >= 0.3 is 0 Å². The van der Waals surface area contributed by atoms with E-state index in [1.807, 2.05) is 0 Å². The van der Waals surface area contributed by atoms with E-state index in [4.69, 9.17) is 4.74 Å². The fraction of sp³-hybridized carbons (Fsp3) is 0.133. The fourth-order valence-corrected chi connectivity index (χ4v) is 1.83. The molecule has 0 bridgehead atoms. The Morgan fingerprint density at radius 3 is 2.53 bits per heavy atom. The second kappa shape index (κ2) is 5.61. The Labute approximate surface area is 109 Å². The summed E-state index contributed by atoms with van der Waals surface area (Å²) in [5.74, 6) is -0.926. The van der Waals surface area contributed by atoms with Gasteiger partial charge in [-0.15, -0.1) is 0 Å². The van der Waals surface area contributed by atoms with E-state index < -0.39 is 11.6 Å². The molecule has 98 valence electrons. The first-order chi connectivity index (χ1) is 9.10. The highest BCUT2D eigenvalue weighted by Gasteiger charge is 2.14. The molecule has 0 spiro atoms. The van der Waals surface area contributed by atoms with Crippen molar-refractivity contribution in [2.75, 3.05) is 7.11 Å². The lowest BCUT2D eigenvalue weighted by Crippen LogP contribution is -2.06. The van der Waals surface area contributed by atoms with Crippen LogP contribution >= 0.6 is 0 Å². The smallest absolute Gasteiger partial charge is 0.171 e. The van der Waals surface area contributed by atoms with Gasteiger partial charge in [-0.3, -0.25) is 4.79 Å². The van der Waals surface area contributed by atoms with Crippen LogP contribution in [0.3, 0.4) is 0 Å². The Morgan fingerprint density at radius 2 is 1.84 bits per heavy atom. The number of carbonyl (C=O) groups excluding carboxylic acids is 1. The van der Waals surface area contributed by atoms with Gasteiger partial charge in [-0.05, 0) is 35.9 Å². The van der Waals surface area contributed by atoms with Crippen molar-refractivity contribution in [1.82, 2.24) is 0 Å². The minimum Gasteiger partial charge on any atom is -0.496 e. The Balaban J connectivity index is 2.27. The van der Waals surface area contributed by atoms with Gasteiger partial charge in [0.15, 0.2) is 5.78 Å². The molecule has 2 aromatic rings. The number of rotatable bonds is 4. The first-order valence-electron chi connectivity index (χ1n) is 5.71. The summed E-state index contributed by atoms with van der Waals surface area (Å²) in [7, 11) is 1.41. The molecule has 0 aliphatic heterocycles. The fourth-order valence-electron chi connectivity index (χ4n) is 1.83. The van der Waals surface area contributed by atoms with E-state index in [0.29, 0.717) is 11.3 Å². The Hall–Kier alpha value is -2.23. The van der Waals surface area contributed by atoms with Crippen molar-refractivity contribution >= 4 is 5.78 Å². The molecule has 2 aromatic carbocycles. The molecule has 0 amide bonds. The normalized spacial score (nSPS) is 10.3. The maximum Gasteiger partial charge on any atom is 0.171 e. The van der Waals surface area contributed by atoms with Gasteiger partial charge in [0.2, 0.25) is 0 Å². The van der Waals surface area contributed by atoms with E-state index in [1.165, 1.54) is 37.4 Å². The molecule has 2 rings (SSSR count). The molecule has 0 saturated carbocycles. The molecule has 0 saturated heterocycles. The van der Waals surface area contributed by atoms with Crippen molar-refractivity contribution in [3.8, 4) is 5.75 Å². The number of methoxy groups -OCH3 is 1. The number of halogens is 2. The number of Topliss-reactive ketones (excluding diaryl/α,β-unsaturated/α-hetero) is 1. The van der Waals surface area contributed by atoms with Crippen LogP contribution in [0.15, 0.2) is 42.5 Å². The second-order valence-electron chi connectivity index (χ2n) is 4.07. The topological polar surface area (TPSA) is 26.3 Å². The molecular weight excluding hydrogens is 250 g/mol. The van der Waals surface area contributed by atoms with Gasteiger partial charge in [-0.2, -0.15) is 0 Å². The summed E-state index contributed by atoms with van der Waals surface area (Å²) in [6, 6.07) is 9.50. The van der Waals surface area contributed by atoms with Crippen LogP contribution in [-0.2, 0) is 6.42 Å². The third-order valence-corrected chi connectivity index (χ3v) is 2.72. The first kappa shape index (κ1) is 13.2. The monoisotopic (exact) mass is 262 g/mol. The van der Waals surface area contributed by atoms with Gasteiger partial charge in [0, 0.05) is 6.42 Å². The highest BCUT2D eigenvalue weighted by molar-refractivity contribution is 6.00. The van der Waals surface area contributed by atoms with E-state index >= 15 is 0 Å². The van der Waals surface area contributed by atoms with E-state index in [-0.39, 0.29) is 17.8 Å². The number of ether oxygens (including phenoxy) is 1. The van der Waals surface area contributed by atoms with Gasteiger partial charge in [-0.1, -0.05) is 12.1 Å². The molecule has 0 atom stereocenters. The minimum absolute atomic E-state index is 0.00241. The summed E-state index contributed by atoms with van der Waals surface area (Å²) in [5, 5.41) is 0. The molecule has 0 aromatic heterocycles. The molecule has 0 heterocycles. The van der Waals surface area contributed by atoms with Crippen LogP contribution in [0.2, 0.25) is 0 Å². The molecule has 0 unspecified atom stereocenters. The Bertz CT molecular complexity index is 609. The van der Waals surface area contributed by atoms with Crippen molar-refractivity contribution in [1.29, 1.82) is 0 Å². The van der Waals surface area contributed by atoms with Crippen LogP contribution in [-0.4, -0.2) is 12.9 Å². The lowest BCUT2D eigenvalue weighted by Gasteiger charge is -2.07. The first-order valence-corrected chi connectivity index (χ1v) is 5.71. The maximum absolute atomic E-state index is 13.2. The number of benzene rings is 2. The summed E-state index contributed by atoms with van der Waals surface area (Å²) in [6.07, 6.45) is -0.00241. The Kier molecular flexibility index (Phi) is 3.90. The minimum atomic E-state index is -0.511. The lowest BCUT2D eigenvalue weighted by molar-refractivity contribution is 0.0989. The van der Waals surface area contributed by atoms with Gasteiger partial charge in [0.25, 0.3) is 0 Å². The molecule has 0 N–H and O–H groups in total. The number of ketones is 1. The van der Waals surface area contributed by atoms with Crippen LogP contribution in [0, 0.1) is 11.6 Å². The standard InChI is InChI=1S/C15H12F2O2/c1-19-15-6-5-12(17)9-13(15)14(18)8-10-3-2-4-11(16)7-10/h2-7,9H,8H2,1H3. The quantitative estimate of drug-likeness (QED) is 0.789. The molecule has 0 fully saturated rings. The lowest BCUT2D eigenvalue weighted by atomic mass is 10.0. The predicted octanol–water partition coefficient (Wildman–Crippen LogP) is 3.40. The van der Waals surface area contributed by atoms with Crippen LogP contribution in [0.4, 0.5) is 8.78 Å². The van der Waals surface area contributed by atoms with Crippen LogP contribution in [0.1, 0.15) is 15.9 Å². The van der Waals surface area contributed by atoms with Crippen LogP contribution in [0.5, 0.6) is 5.75 Å². The zero-order valence-corrected chi connectivity index (χ0v) is 10.3. The van der Waals surface area contributed by atoms with E-state index in [2.05, 4.69) is 0 Å². The van der Waals surface area contributed by atoms with E-state index in [0.717, 1.165) is 6.07 Å². The molecular formula is C15H12F2O2. The SMILES string of the molecule is COc1ccc(F)cc1C(=O)Cc1cccc(F)c1. The molecule has 19 heavy (non-hydrogen) atoms. The van der Waals surface area contributed by atoms with Gasteiger partial charge in [-0.25, -0.2) is 8.78 Å². The average Bonchev–Trinajstić information content (AvgIpc) is 2.38. The summed E-state index contributed by atoms with van der Waals surface area (Å²) < 4.78 is 31.2. The largest absolute Gasteiger partial charge is 0.496 e. The zero-order valence-electron chi connectivity index (χ0n) is 10.3. The predicted molar refractivity (Wildman–Crippen MR) is 67.4 cm³/mol. The molecule has 0 aliphatic carbocycles. The zero-order chi connectivity index (χ0) is 13.8. The summed E-state index contributed by atoms with van der Waals surface area (Å²) >= 11 is 0. The molecule has 0 radical (unpaired) electrons. The third kappa shape index (κ3) is 3.16. The van der Waals surface area contributed by atoms with E-state index in [1.54, 1.807) is 6.07 Å². The van der Waals surface area contributed by atoms with Crippen molar-refractivity contribution in [3.05, 3.63) is 65.2 Å². The van der Waals surface area contributed by atoms with Crippen LogP contribution in [0.25, 0.3) is 0 Å². The second-order valence-corrected chi connectivity index (χ2v) is 4.07. The third-order valence-electron chi connectivity index (χ3n) is 2.72. The number of hydrogen-bond acceptors (Lipinski definition) is 2. The van der Waals surface area contributed by atoms with Crippen molar-refractivity contribution < 1.29 is 18.3 Å². The van der Waals surface area contributed by atoms with Gasteiger partial charge in [0.1, 0.15) is 17.4 Å². The summed E-state index contributed by atoms with van der Waals surface area (Å²) in [4.78, 5) is 12.1. The Morgan fingerprint density at radius 1 is 1.11 bits per heavy atom. The average molecular weight is 262 g/mol. The summed E-state index contributed by atoms with van der Waals surface area (Å²) in [5.41, 5.74) is 0.697. The van der Waals surface area contributed by atoms with E-state index in [9.17, 15) is 13.6 Å². The van der Waals surface area contributed by atoms with Gasteiger partial charge < -0.3 is 4.74 Å². The number of hydrogen-bond donors (Lipinski definition) is 0. The van der Waals surface area contributed by atoms with Crippen molar-refractivity contribution in [2.45, 2.75) is 6.42 Å². The number of carbonyl (C=O) groups is 1. The van der Waals surface area contributed by atoms with Gasteiger partial charge in [0.05, 0.1) is 12.7 Å². The molecule has 4 heteroatoms. The maximum atomic E-state index is 13.2. The molecule has 0 aliphatic rings. The highest BCUT2D eigenvalue weighted by Crippen LogP contribution is 2.21. The molecule has 2 nitrogen and oxygen atoms in total. The van der Waals surface area contributed by atoms with Crippen LogP contribution < -0.4 is 4.74 Å². The van der Waals surface area contributed by atoms with Crippen molar-refractivity contribution in [3.63, 3.8) is 0 Å². The highest BCUT2D eigenvalue weighted by atomic mass is 19.1.